The maximum absolute atomic E-state index is 12.9. The van der Waals surface area contributed by atoms with Gasteiger partial charge < -0.3 is 9.80 Å². The van der Waals surface area contributed by atoms with Gasteiger partial charge in [0, 0.05) is 39.3 Å². The summed E-state index contributed by atoms with van der Waals surface area (Å²) in [5, 5.41) is 0. The molecule has 0 aliphatic carbocycles. The average molecular weight is 369 g/mol. The molecule has 138 valence electrons. The van der Waals surface area contributed by atoms with Gasteiger partial charge in [-0.2, -0.15) is 4.31 Å². The number of hydrogen-bond donors (Lipinski definition) is 0. The summed E-state index contributed by atoms with van der Waals surface area (Å²) in [6, 6.07) is 5.53. The van der Waals surface area contributed by atoms with Crippen LogP contribution >= 0.6 is 0 Å². The van der Waals surface area contributed by atoms with E-state index in [4.69, 9.17) is 0 Å². The van der Waals surface area contributed by atoms with Crippen LogP contribution in [0.3, 0.4) is 0 Å². The smallest absolute Gasteiger partial charge is 0.320 e. The monoisotopic (exact) mass is 369 g/mol. The zero-order valence-electron chi connectivity index (χ0n) is 14.2. The van der Waals surface area contributed by atoms with Crippen molar-refractivity contribution in [2.75, 3.05) is 39.3 Å². The molecule has 0 aromatic heterocycles. The van der Waals surface area contributed by atoms with Crippen molar-refractivity contribution in [1.82, 2.24) is 14.1 Å². The predicted octanol–water partition coefficient (Wildman–Crippen LogP) is 1.88. The molecule has 2 aliphatic rings. The number of hydrogen-bond acceptors (Lipinski definition) is 3. The number of likely N-dealkylation sites (tertiary alicyclic amines) is 1. The van der Waals surface area contributed by atoms with Gasteiger partial charge in [-0.05, 0) is 37.0 Å². The number of carbonyl (C=O) groups is 1. The van der Waals surface area contributed by atoms with Crippen LogP contribution in [0, 0.1) is 5.82 Å². The number of nitrogens with zero attached hydrogens (tertiary/aromatic N) is 3. The molecule has 0 spiro atoms. The molecule has 0 bridgehead atoms. The van der Waals surface area contributed by atoms with Crippen molar-refractivity contribution in [2.24, 2.45) is 0 Å². The lowest BCUT2D eigenvalue weighted by Crippen LogP contribution is -2.54. The molecule has 25 heavy (non-hydrogen) atoms. The van der Waals surface area contributed by atoms with Crippen molar-refractivity contribution < 1.29 is 17.6 Å². The molecule has 2 saturated heterocycles. The van der Waals surface area contributed by atoms with E-state index in [1.54, 1.807) is 4.90 Å². The first kappa shape index (κ1) is 18.1. The topological polar surface area (TPSA) is 60.9 Å². The summed E-state index contributed by atoms with van der Waals surface area (Å²) in [4.78, 5) is 16.1. The second-order valence-corrected chi connectivity index (χ2v) is 8.57. The Morgan fingerprint density at radius 3 is 2.04 bits per heavy atom. The molecule has 0 saturated carbocycles. The lowest BCUT2D eigenvalue weighted by molar-refractivity contribution is 0.126. The number of amides is 2. The summed E-state index contributed by atoms with van der Waals surface area (Å²) >= 11 is 0. The molecule has 0 N–H and O–H groups in total. The van der Waals surface area contributed by atoms with Gasteiger partial charge in [0.25, 0.3) is 0 Å². The van der Waals surface area contributed by atoms with Gasteiger partial charge in [0.2, 0.25) is 10.0 Å². The number of halogens is 1. The third-order valence-corrected chi connectivity index (χ3v) is 6.64. The number of piperazine rings is 1. The van der Waals surface area contributed by atoms with Crippen molar-refractivity contribution in [1.29, 1.82) is 0 Å². The fourth-order valence-corrected chi connectivity index (χ4v) is 4.84. The Morgan fingerprint density at radius 1 is 0.880 bits per heavy atom. The van der Waals surface area contributed by atoms with Crippen molar-refractivity contribution in [3.8, 4) is 0 Å². The minimum atomic E-state index is -3.46. The maximum Gasteiger partial charge on any atom is 0.320 e. The van der Waals surface area contributed by atoms with Gasteiger partial charge in [-0.15, -0.1) is 0 Å². The van der Waals surface area contributed by atoms with Crippen LogP contribution < -0.4 is 0 Å². The van der Waals surface area contributed by atoms with E-state index in [1.165, 1.54) is 35.0 Å². The van der Waals surface area contributed by atoms with E-state index >= 15 is 0 Å². The van der Waals surface area contributed by atoms with E-state index in [9.17, 15) is 17.6 Å². The van der Waals surface area contributed by atoms with Gasteiger partial charge in [0.1, 0.15) is 5.82 Å². The SMILES string of the molecule is O=C(N1CCCCC1)N1CCN(S(=O)(=O)Cc2ccc(F)cc2)CC1. The zero-order chi connectivity index (χ0) is 17.9. The molecule has 6 nitrogen and oxygen atoms in total. The minimum Gasteiger partial charge on any atom is -0.325 e. The highest BCUT2D eigenvalue weighted by molar-refractivity contribution is 7.88. The maximum atomic E-state index is 12.9. The Bertz CT molecular complexity index is 694. The van der Waals surface area contributed by atoms with Crippen molar-refractivity contribution in [2.45, 2.75) is 25.0 Å². The molecule has 0 atom stereocenters. The lowest BCUT2D eigenvalue weighted by Gasteiger charge is -2.38. The average Bonchev–Trinajstić information content (AvgIpc) is 2.64. The summed E-state index contributed by atoms with van der Waals surface area (Å²) in [5.74, 6) is -0.529. The van der Waals surface area contributed by atoms with E-state index in [-0.39, 0.29) is 17.6 Å². The van der Waals surface area contributed by atoms with Crippen molar-refractivity contribution in [3.05, 3.63) is 35.6 Å². The first-order valence-corrected chi connectivity index (χ1v) is 10.3. The Labute approximate surface area is 148 Å². The molecule has 0 unspecified atom stereocenters. The largest absolute Gasteiger partial charge is 0.325 e. The Hall–Kier alpha value is -1.67. The Kier molecular flexibility index (Phi) is 5.58. The molecule has 8 heteroatoms. The minimum absolute atomic E-state index is 0.0234. The van der Waals surface area contributed by atoms with Crippen molar-refractivity contribution in [3.63, 3.8) is 0 Å². The van der Waals surface area contributed by atoms with Gasteiger partial charge in [-0.25, -0.2) is 17.6 Å². The normalized spacial score (nSPS) is 19.9. The van der Waals surface area contributed by atoms with Crippen molar-refractivity contribution >= 4 is 16.1 Å². The number of rotatable bonds is 3. The second-order valence-electron chi connectivity index (χ2n) is 6.60. The van der Waals surface area contributed by atoms with Crippen LogP contribution in [-0.2, 0) is 15.8 Å². The van der Waals surface area contributed by atoms with Gasteiger partial charge in [-0.1, -0.05) is 12.1 Å². The van der Waals surface area contributed by atoms with E-state index < -0.39 is 10.0 Å². The zero-order valence-corrected chi connectivity index (χ0v) is 15.0. The highest BCUT2D eigenvalue weighted by Crippen LogP contribution is 2.17. The summed E-state index contributed by atoms with van der Waals surface area (Å²) in [6.07, 6.45) is 3.24. The van der Waals surface area contributed by atoms with E-state index in [0.29, 0.717) is 31.7 Å². The quantitative estimate of drug-likeness (QED) is 0.817. The highest BCUT2D eigenvalue weighted by Gasteiger charge is 2.31. The molecule has 0 radical (unpaired) electrons. The second kappa shape index (κ2) is 7.70. The number of benzene rings is 1. The van der Waals surface area contributed by atoms with E-state index in [0.717, 1.165) is 25.9 Å². The standard InChI is InChI=1S/C17H24FN3O3S/c18-16-6-4-15(5-7-16)14-25(23,24)21-12-10-20(11-13-21)17(22)19-8-2-1-3-9-19/h4-7H,1-3,8-14H2. The fraction of sp³-hybridized carbons (Fsp3) is 0.588. The Balaban J connectivity index is 1.55. The van der Waals surface area contributed by atoms with Crippen LogP contribution in [0.5, 0.6) is 0 Å². The molecular formula is C17H24FN3O3S. The molecule has 2 heterocycles. The third-order valence-electron chi connectivity index (χ3n) is 4.79. The van der Waals surface area contributed by atoms with Gasteiger partial charge in [-0.3, -0.25) is 0 Å². The number of carbonyl (C=O) groups excluding carboxylic acids is 1. The van der Waals surface area contributed by atoms with Crippen LogP contribution in [0.15, 0.2) is 24.3 Å². The molecule has 2 amide bonds. The van der Waals surface area contributed by atoms with Crippen LogP contribution in [-0.4, -0.2) is 67.8 Å². The molecular weight excluding hydrogens is 345 g/mol. The molecule has 2 fully saturated rings. The van der Waals surface area contributed by atoms with Gasteiger partial charge in [0.15, 0.2) is 0 Å². The highest BCUT2D eigenvalue weighted by atomic mass is 32.2. The molecule has 1 aromatic carbocycles. The van der Waals surface area contributed by atoms with Gasteiger partial charge in [0.05, 0.1) is 5.75 Å². The molecule has 1 aromatic rings. The number of urea groups is 1. The predicted molar refractivity (Wildman–Crippen MR) is 93.0 cm³/mol. The fourth-order valence-electron chi connectivity index (χ4n) is 3.33. The van der Waals surface area contributed by atoms with Crippen LogP contribution in [0.2, 0.25) is 0 Å². The van der Waals surface area contributed by atoms with E-state index in [1.807, 2.05) is 4.90 Å². The van der Waals surface area contributed by atoms with E-state index in [2.05, 4.69) is 0 Å². The summed E-state index contributed by atoms with van der Waals surface area (Å²) < 4.78 is 39.4. The summed E-state index contributed by atoms with van der Waals surface area (Å²) in [7, 11) is -3.46. The Morgan fingerprint density at radius 2 is 1.44 bits per heavy atom. The summed E-state index contributed by atoms with van der Waals surface area (Å²) in [6.45, 7) is 3.03. The first-order valence-electron chi connectivity index (χ1n) is 8.72. The first-order chi connectivity index (χ1) is 12.0. The number of sulfonamides is 1. The van der Waals surface area contributed by atoms with Crippen LogP contribution in [0.1, 0.15) is 24.8 Å². The third kappa shape index (κ3) is 4.49. The molecule has 2 aliphatic heterocycles. The number of piperidine rings is 1. The van der Waals surface area contributed by atoms with Crippen LogP contribution in [0.4, 0.5) is 9.18 Å². The summed E-state index contributed by atoms with van der Waals surface area (Å²) in [5.41, 5.74) is 0.563. The van der Waals surface area contributed by atoms with Crippen LogP contribution in [0.25, 0.3) is 0 Å². The van der Waals surface area contributed by atoms with Gasteiger partial charge >= 0.3 is 6.03 Å². The lowest BCUT2D eigenvalue weighted by atomic mass is 10.1. The molecule has 3 rings (SSSR count).